The molecule has 150 valence electrons. The SMILES string of the molecule is CC(=O)N1CCc2cc(C(=O)C(C)OC(=O)c3ccc4c(c3)CCCC4)ccc21. The van der Waals surface area contributed by atoms with Crippen LogP contribution >= 0.6 is 0 Å². The predicted octanol–water partition coefficient (Wildman–Crippen LogP) is 3.90. The molecule has 1 amide bonds. The van der Waals surface area contributed by atoms with Crippen LogP contribution in [0.1, 0.15) is 64.1 Å². The van der Waals surface area contributed by atoms with Crippen LogP contribution in [0.15, 0.2) is 36.4 Å². The zero-order chi connectivity index (χ0) is 20.5. The van der Waals surface area contributed by atoms with Crippen LogP contribution in [0, 0.1) is 0 Å². The molecule has 1 aliphatic carbocycles. The molecule has 0 spiro atoms. The molecule has 2 aromatic carbocycles. The van der Waals surface area contributed by atoms with Crippen molar-refractivity contribution in [2.24, 2.45) is 0 Å². The summed E-state index contributed by atoms with van der Waals surface area (Å²) in [7, 11) is 0. The second-order valence-corrected chi connectivity index (χ2v) is 7.87. The number of ketones is 1. The van der Waals surface area contributed by atoms with Crippen molar-refractivity contribution >= 4 is 23.3 Å². The van der Waals surface area contributed by atoms with E-state index in [1.54, 1.807) is 30.0 Å². The average molecular weight is 391 g/mol. The van der Waals surface area contributed by atoms with E-state index in [-0.39, 0.29) is 11.7 Å². The van der Waals surface area contributed by atoms with Crippen LogP contribution in [0.2, 0.25) is 0 Å². The Morgan fingerprint density at radius 1 is 0.897 bits per heavy atom. The van der Waals surface area contributed by atoms with E-state index in [0.717, 1.165) is 36.9 Å². The van der Waals surface area contributed by atoms with Gasteiger partial charge in [-0.2, -0.15) is 0 Å². The smallest absolute Gasteiger partial charge is 0.338 e. The van der Waals surface area contributed by atoms with Crippen molar-refractivity contribution in [3.8, 4) is 0 Å². The van der Waals surface area contributed by atoms with E-state index in [4.69, 9.17) is 4.74 Å². The molecule has 4 rings (SSSR count). The van der Waals surface area contributed by atoms with Crippen molar-refractivity contribution in [3.63, 3.8) is 0 Å². The number of anilines is 1. The summed E-state index contributed by atoms with van der Waals surface area (Å²) in [6, 6.07) is 11.0. The van der Waals surface area contributed by atoms with Crippen LogP contribution in [0.3, 0.4) is 0 Å². The molecule has 0 fully saturated rings. The topological polar surface area (TPSA) is 63.7 Å². The Morgan fingerprint density at radius 2 is 1.59 bits per heavy atom. The number of fused-ring (bicyclic) bond motifs is 2. The monoisotopic (exact) mass is 391 g/mol. The maximum Gasteiger partial charge on any atom is 0.338 e. The zero-order valence-corrected chi connectivity index (χ0v) is 16.9. The summed E-state index contributed by atoms with van der Waals surface area (Å²) in [5.74, 6) is -0.710. The van der Waals surface area contributed by atoms with Crippen molar-refractivity contribution in [1.29, 1.82) is 0 Å². The standard InChI is InChI=1S/C24H25NO4/c1-15(29-24(28)21-8-7-17-5-3-4-6-18(17)13-21)23(27)20-9-10-22-19(14-20)11-12-25(22)16(2)26/h7-10,13-15H,3-6,11-12H2,1-2H3. The summed E-state index contributed by atoms with van der Waals surface area (Å²) in [5, 5.41) is 0. The van der Waals surface area contributed by atoms with Gasteiger partial charge in [0.25, 0.3) is 0 Å². The zero-order valence-electron chi connectivity index (χ0n) is 16.9. The molecule has 1 aliphatic heterocycles. The molecule has 1 unspecified atom stereocenters. The molecule has 0 saturated carbocycles. The molecule has 0 saturated heterocycles. The molecule has 5 nitrogen and oxygen atoms in total. The number of rotatable bonds is 4. The van der Waals surface area contributed by atoms with Gasteiger partial charge in [0, 0.05) is 24.7 Å². The quantitative estimate of drug-likeness (QED) is 0.586. The van der Waals surface area contributed by atoms with Gasteiger partial charge in [0.15, 0.2) is 6.10 Å². The largest absolute Gasteiger partial charge is 0.451 e. The van der Waals surface area contributed by atoms with Crippen LogP contribution in [0.5, 0.6) is 0 Å². The number of carbonyl (C=O) groups is 3. The molecule has 0 bridgehead atoms. The maximum atomic E-state index is 12.8. The fourth-order valence-electron chi connectivity index (χ4n) is 4.26. The van der Waals surface area contributed by atoms with Crippen molar-refractivity contribution in [3.05, 3.63) is 64.2 Å². The first-order valence-electron chi connectivity index (χ1n) is 10.2. The minimum absolute atomic E-state index is 0.00447. The lowest BCUT2D eigenvalue weighted by Gasteiger charge is -2.18. The summed E-state index contributed by atoms with van der Waals surface area (Å²) < 4.78 is 5.47. The van der Waals surface area contributed by atoms with E-state index in [2.05, 4.69) is 0 Å². The third kappa shape index (κ3) is 3.82. The van der Waals surface area contributed by atoms with Gasteiger partial charge in [0.1, 0.15) is 0 Å². The summed E-state index contributed by atoms with van der Waals surface area (Å²) in [6.45, 7) is 3.77. The fourth-order valence-corrected chi connectivity index (χ4v) is 4.26. The average Bonchev–Trinajstić information content (AvgIpc) is 3.16. The highest BCUT2D eigenvalue weighted by atomic mass is 16.5. The highest BCUT2D eigenvalue weighted by molar-refractivity contribution is 6.02. The lowest BCUT2D eigenvalue weighted by atomic mass is 9.90. The second-order valence-electron chi connectivity index (χ2n) is 7.87. The van der Waals surface area contributed by atoms with Gasteiger partial charge in [-0.25, -0.2) is 4.79 Å². The Balaban J connectivity index is 1.46. The van der Waals surface area contributed by atoms with Crippen molar-refractivity contribution in [1.82, 2.24) is 0 Å². The van der Waals surface area contributed by atoms with Gasteiger partial charge in [-0.15, -0.1) is 0 Å². The minimum atomic E-state index is -0.873. The number of esters is 1. The summed E-state index contributed by atoms with van der Waals surface area (Å²) >= 11 is 0. The molecule has 5 heteroatoms. The highest BCUT2D eigenvalue weighted by Gasteiger charge is 2.26. The van der Waals surface area contributed by atoms with Crippen LogP contribution in [0.4, 0.5) is 5.69 Å². The number of Topliss-reactive ketones (excluding diaryl/α,β-unsaturated/α-hetero) is 1. The lowest BCUT2D eigenvalue weighted by molar-refractivity contribution is -0.116. The normalized spacial score (nSPS) is 16.0. The molecule has 2 aliphatic rings. The van der Waals surface area contributed by atoms with Gasteiger partial charge < -0.3 is 9.64 Å². The number of carbonyl (C=O) groups excluding carboxylic acids is 3. The highest BCUT2D eigenvalue weighted by Crippen LogP contribution is 2.29. The molecule has 29 heavy (non-hydrogen) atoms. The number of aryl methyl sites for hydroxylation is 2. The Kier molecular flexibility index (Phi) is 5.22. The van der Waals surface area contributed by atoms with Gasteiger partial charge in [-0.1, -0.05) is 6.07 Å². The Bertz CT molecular complexity index is 994. The summed E-state index contributed by atoms with van der Waals surface area (Å²) in [4.78, 5) is 38.8. The van der Waals surface area contributed by atoms with Crippen LogP contribution < -0.4 is 4.90 Å². The van der Waals surface area contributed by atoms with Crippen LogP contribution in [0.25, 0.3) is 0 Å². The number of benzene rings is 2. The molecule has 1 atom stereocenters. The van der Waals surface area contributed by atoms with E-state index in [0.29, 0.717) is 17.7 Å². The minimum Gasteiger partial charge on any atom is -0.451 e. The van der Waals surface area contributed by atoms with E-state index in [1.807, 2.05) is 18.2 Å². The number of hydrogen-bond acceptors (Lipinski definition) is 4. The number of ether oxygens (including phenoxy) is 1. The molecule has 0 aromatic heterocycles. The van der Waals surface area contributed by atoms with E-state index >= 15 is 0 Å². The molecule has 2 aromatic rings. The molecular formula is C24H25NO4. The number of nitrogens with zero attached hydrogens (tertiary/aromatic N) is 1. The van der Waals surface area contributed by atoms with Gasteiger partial charge >= 0.3 is 5.97 Å². The van der Waals surface area contributed by atoms with Crippen molar-refractivity contribution < 1.29 is 19.1 Å². The van der Waals surface area contributed by atoms with E-state index in [1.165, 1.54) is 24.5 Å². The number of amides is 1. The first kappa shape index (κ1) is 19.4. The van der Waals surface area contributed by atoms with E-state index in [9.17, 15) is 14.4 Å². The van der Waals surface area contributed by atoms with Gasteiger partial charge in [-0.3, -0.25) is 9.59 Å². The Morgan fingerprint density at radius 3 is 2.34 bits per heavy atom. The Labute approximate surface area is 170 Å². The van der Waals surface area contributed by atoms with Crippen LogP contribution in [-0.4, -0.2) is 30.3 Å². The first-order chi connectivity index (χ1) is 13.9. The predicted molar refractivity (Wildman–Crippen MR) is 110 cm³/mol. The van der Waals surface area contributed by atoms with Gasteiger partial charge in [0.05, 0.1) is 5.56 Å². The maximum absolute atomic E-state index is 12.8. The first-order valence-corrected chi connectivity index (χ1v) is 10.2. The number of hydrogen-bond donors (Lipinski definition) is 0. The van der Waals surface area contributed by atoms with Gasteiger partial charge in [-0.05, 0) is 86.1 Å². The van der Waals surface area contributed by atoms with Gasteiger partial charge in [0.2, 0.25) is 11.7 Å². The summed E-state index contributed by atoms with van der Waals surface area (Å²) in [5.41, 5.74) is 5.33. The fraction of sp³-hybridized carbons (Fsp3) is 0.375. The third-order valence-electron chi connectivity index (χ3n) is 5.88. The van der Waals surface area contributed by atoms with E-state index < -0.39 is 12.1 Å². The van der Waals surface area contributed by atoms with Crippen LogP contribution in [-0.2, 0) is 28.8 Å². The third-order valence-corrected chi connectivity index (χ3v) is 5.88. The molecule has 0 N–H and O–H groups in total. The van der Waals surface area contributed by atoms with Crippen molar-refractivity contribution in [2.75, 3.05) is 11.4 Å². The molecular weight excluding hydrogens is 366 g/mol. The summed E-state index contributed by atoms with van der Waals surface area (Å²) in [6.07, 6.45) is 4.21. The second kappa shape index (κ2) is 7.82. The Hall–Kier alpha value is -2.95. The lowest BCUT2D eigenvalue weighted by Crippen LogP contribution is -2.26. The molecule has 0 radical (unpaired) electrons. The molecule has 1 heterocycles. The van der Waals surface area contributed by atoms with Crippen molar-refractivity contribution in [2.45, 2.75) is 52.1 Å².